The number of amides is 1. The van der Waals surface area contributed by atoms with E-state index in [-0.39, 0.29) is 22.9 Å². The van der Waals surface area contributed by atoms with E-state index in [9.17, 15) is 9.59 Å². The number of aromatic nitrogens is 5. The Morgan fingerprint density at radius 3 is 2.74 bits per heavy atom. The summed E-state index contributed by atoms with van der Waals surface area (Å²) in [5.41, 5.74) is 2.06. The van der Waals surface area contributed by atoms with Gasteiger partial charge in [0.15, 0.2) is 11.2 Å². The number of nitrogens with zero attached hydrogens (tertiary/aromatic N) is 6. The average molecular weight is 474 g/mol. The summed E-state index contributed by atoms with van der Waals surface area (Å²) in [4.78, 5) is 34.8. The fraction of sp³-hybridized carbons (Fsp3) is 0.250. The van der Waals surface area contributed by atoms with Gasteiger partial charge in [0.25, 0.3) is 11.5 Å². The molecule has 0 atom stereocenters. The number of benzene rings is 2. The molecule has 34 heavy (non-hydrogen) atoms. The van der Waals surface area contributed by atoms with Gasteiger partial charge in [0.2, 0.25) is 0 Å². The lowest BCUT2D eigenvalue weighted by atomic mass is 9.95. The molecular formula is C24H20ClN7O2. The Hall–Kier alpha value is -4.03. The van der Waals surface area contributed by atoms with Crippen LogP contribution >= 0.6 is 11.6 Å². The number of rotatable bonds is 4. The molecule has 4 aromatic rings. The fourth-order valence-electron chi connectivity index (χ4n) is 4.23. The van der Waals surface area contributed by atoms with Crippen LogP contribution in [-0.4, -0.2) is 48.9 Å². The van der Waals surface area contributed by atoms with Crippen LogP contribution in [0.15, 0.2) is 53.3 Å². The molecule has 2 aromatic heterocycles. The molecule has 0 spiro atoms. The van der Waals surface area contributed by atoms with Crippen molar-refractivity contribution in [2.45, 2.75) is 25.3 Å². The number of hydrogen-bond donors (Lipinski definition) is 1. The molecule has 2 aromatic carbocycles. The molecule has 9 nitrogen and oxygen atoms in total. The number of carbonyl (C=O) groups excluding carboxylic acids is 1. The van der Waals surface area contributed by atoms with Crippen molar-refractivity contribution in [1.29, 1.82) is 5.26 Å². The Morgan fingerprint density at radius 1 is 1.18 bits per heavy atom. The maximum Gasteiger partial charge on any atom is 0.281 e. The molecule has 0 saturated carbocycles. The first kappa shape index (κ1) is 21.8. The summed E-state index contributed by atoms with van der Waals surface area (Å²) < 4.78 is 1.58. The number of likely N-dealkylation sites (tertiary alicyclic amines) is 1. The molecule has 1 N–H and O–H groups in total. The Kier molecular flexibility index (Phi) is 5.82. The minimum Gasteiger partial charge on any atom is -0.339 e. The predicted octanol–water partition coefficient (Wildman–Crippen LogP) is 3.11. The Morgan fingerprint density at radius 2 is 1.97 bits per heavy atom. The molecule has 1 amide bonds. The highest BCUT2D eigenvalue weighted by Gasteiger charge is 2.27. The summed E-state index contributed by atoms with van der Waals surface area (Å²) in [6.45, 7) is 1.40. The second-order valence-corrected chi connectivity index (χ2v) is 8.63. The topological polar surface area (TPSA) is 121 Å². The molecule has 0 unspecified atom stereocenters. The molecule has 1 aliphatic rings. The normalized spacial score (nSPS) is 14.3. The first-order chi connectivity index (χ1) is 16.5. The van der Waals surface area contributed by atoms with Gasteiger partial charge in [-0.3, -0.25) is 9.59 Å². The maximum absolute atomic E-state index is 12.9. The lowest BCUT2D eigenvalue weighted by Gasteiger charge is -2.31. The highest BCUT2D eigenvalue weighted by Crippen LogP contribution is 2.27. The van der Waals surface area contributed by atoms with Gasteiger partial charge in [-0.25, -0.2) is 9.67 Å². The van der Waals surface area contributed by atoms with Gasteiger partial charge in [0, 0.05) is 29.6 Å². The first-order valence-electron chi connectivity index (χ1n) is 10.9. The lowest BCUT2D eigenvalue weighted by molar-refractivity contribution is 0.0711. The molecule has 170 valence electrons. The van der Waals surface area contributed by atoms with E-state index in [4.69, 9.17) is 21.8 Å². The van der Waals surface area contributed by atoms with Crippen molar-refractivity contribution >= 4 is 28.7 Å². The number of nitrogens with one attached hydrogen (secondary N) is 1. The fourth-order valence-corrected chi connectivity index (χ4v) is 4.43. The minimum atomic E-state index is -0.336. The van der Waals surface area contributed by atoms with Crippen LogP contribution < -0.4 is 5.56 Å². The van der Waals surface area contributed by atoms with E-state index < -0.39 is 0 Å². The zero-order chi connectivity index (χ0) is 23.7. The van der Waals surface area contributed by atoms with Crippen LogP contribution in [-0.2, 0) is 6.54 Å². The number of carbonyl (C=O) groups is 1. The van der Waals surface area contributed by atoms with Crippen LogP contribution in [0.5, 0.6) is 0 Å². The van der Waals surface area contributed by atoms with Gasteiger partial charge in [0.1, 0.15) is 5.82 Å². The van der Waals surface area contributed by atoms with Crippen molar-refractivity contribution in [1.82, 2.24) is 29.9 Å². The monoisotopic (exact) mass is 473 g/mol. The van der Waals surface area contributed by atoms with Crippen molar-refractivity contribution in [3.05, 3.63) is 86.4 Å². The largest absolute Gasteiger partial charge is 0.339 e. The summed E-state index contributed by atoms with van der Waals surface area (Å²) in [6.07, 6.45) is 1.31. The second-order valence-electron chi connectivity index (χ2n) is 8.22. The molecule has 1 fully saturated rings. The van der Waals surface area contributed by atoms with E-state index in [0.717, 1.165) is 5.56 Å². The van der Waals surface area contributed by atoms with Gasteiger partial charge in [-0.15, -0.1) is 5.10 Å². The number of H-pyrrole nitrogens is 1. The SMILES string of the molecule is N#Cc1cccc(C(=O)N2CCC(c3nc4c(nnn4Cc4ccccc4Cl)c(=O)[nH]3)CC2)c1. The molecule has 1 aliphatic heterocycles. The zero-order valence-corrected chi connectivity index (χ0v) is 18.9. The van der Waals surface area contributed by atoms with E-state index in [0.29, 0.717) is 60.1 Å². The molecule has 5 rings (SSSR count). The average Bonchev–Trinajstić information content (AvgIpc) is 3.28. The van der Waals surface area contributed by atoms with Crippen molar-refractivity contribution in [3.8, 4) is 6.07 Å². The molecule has 3 heterocycles. The first-order valence-corrected chi connectivity index (χ1v) is 11.3. The van der Waals surface area contributed by atoms with Crippen LogP contribution in [0.2, 0.25) is 5.02 Å². The minimum absolute atomic E-state index is 0.00439. The highest BCUT2D eigenvalue weighted by molar-refractivity contribution is 6.31. The number of fused-ring (bicyclic) bond motifs is 1. The van der Waals surface area contributed by atoms with E-state index in [2.05, 4.69) is 21.4 Å². The van der Waals surface area contributed by atoms with Gasteiger partial charge in [-0.1, -0.05) is 41.1 Å². The summed E-state index contributed by atoms with van der Waals surface area (Å²) in [6, 6.07) is 16.2. The van der Waals surface area contributed by atoms with Crippen LogP contribution in [0.25, 0.3) is 11.2 Å². The van der Waals surface area contributed by atoms with Crippen LogP contribution in [0, 0.1) is 11.3 Å². The number of nitriles is 1. The number of piperidine rings is 1. The summed E-state index contributed by atoms with van der Waals surface area (Å²) in [5, 5.41) is 17.8. The van der Waals surface area contributed by atoms with Crippen LogP contribution in [0.4, 0.5) is 0 Å². The standard InChI is InChI=1S/C24H20ClN7O2/c25-19-7-2-1-5-18(19)14-32-22-20(29-30-32)23(33)28-21(27-22)16-8-10-31(11-9-16)24(34)17-6-3-4-15(12-17)13-26/h1-7,12,16H,8-11,14H2,(H,27,28,33). The Labute approximate surface area is 199 Å². The molecule has 0 radical (unpaired) electrons. The van der Waals surface area contributed by atoms with E-state index in [1.165, 1.54) is 0 Å². The number of aromatic amines is 1. The van der Waals surface area contributed by atoms with Crippen molar-refractivity contribution < 1.29 is 4.79 Å². The third-order valence-corrected chi connectivity index (χ3v) is 6.45. The Bertz CT molecular complexity index is 1480. The quantitative estimate of drug-likeness (QED) is 0.486. The van der Waals surface area contributed by atoms with Gasteiger partial charge in [0.05, 0.1) is 18.2 Å². The molecule has 1 saturated heterocycles. The van der Waals surface area contributed by atoms with Gasteiger partial charge in [-0.2, -0.15) is 5.26 Å². The summed E-state index contributed by atoms with van der Waals surface area (Å²) in [5.74, 6) is 0.462. The van der Waals surface area contributed by atoms with Crippen LogP contribution in [0.3, 0.4) is 0 Å². The van der Waals surface area contributed by atoms with Crippen molar-refractivity contribution in [2.24, 2.45) is 0 Å². The molecule has 0 aliphatic carbocycles. The van der Waals surface area contributed by atoms with Gasteiger partial charge >= 0.3 is 0 Å². The smallest absolute Gasteiger partial charge is 0.281 e. The second kappa shape index (κ2) is 9.08. The van der Waals surface area contributed by atoms with Crippen molar-refractivity contribution in [3.63, 3.8) is 0 Å². The lowest BCUT2D eigenvalue weighted by Crippen LogP contribution is -2.38. The van der Waals surface area contributed by atoms with Gasteiger partial charge < -0.3 is 9.88 Å². The van der Waals surface area contributed by atoms with Gasteiger partial charge in [-0.05, 0) is 42.7 Å². The highest BCUT2D eigenvalue weighted by atomic mass is 35.5. The third kappa shape index (κ3) is 4.16. The van der Waals surface area contributed by atoms with Crippen LogP contribution in [0.1, 0.15) is 46.1 Å². The van der Waals surface area contributed by atoms with E-state index >= 15 is 0 Å². The number of halogens is 1. The molecule has 10 heteroatoms. The molecular weight excluding hydrogens is 454 g/mol. The Balaban J connectivity index is 1.35. The predicted molar refractivity (Wildman–Crippen MR) is 126 cm³/mol. The summed E-state index contributed by atoms with van der Waals surface area (Å²) >= 11 is 6.28. The zero-order valence-electron chi connectivity index (χ0n) is 18.1. The molecule has 0 bridgehead atoms. The third-order valence-electron chi connectivity index (χ3n) is 6.08. The van der Waals surface area contributed by atoms with Crippen molar-refractivity contribution in [2.75, 3.05) is 13.1 Å². The van der Waals surface area contributed by atoms with E-state index in [1.807, 2.05) is 18.2 Å². The maximum atomic E-state index is 12.9. The number of hydrogen-bond acceptors (Lipinski definition) is 6. The summed E-state index contributed by atoms with van der Waals surface area (Å²) in [7, 11) is 0. The van der Waals surface area contributed by atoms with E-state index in [1.54, 1.807) is 39.9 Å².